The molecule has 2 amide bonds. The molecule has 0 saturated carbocycles. The van der Waals surface area contributed by atoms with Gasteiger partial charge in [-0.25, -0.2) is 9.59 Å². The number of likely N-dealkylation sites (tertiary alicyclic amines) is 1. The van der Waals surface area contributed by atoms with Gasteiger partial charge in [-0.05, 0) is 31.6 Å². The van der Waals surface area contributed by atoms with E-state index in [0.717, 1.165) is 12.8 Å². The van der Waals surface area contributed by atoms with Crippen molar-refractivity contribution in [1.82, 2.24) is 10.2 Å². The highest BCUT2D eigenvalue weighted by atomic mass is 16.5. The van der Waals surface area contributed by atoms with Crippen molar-refractivity contribution in [2.24, 2.45) is 5.92 Å². The molecule has 3 N–H and O–H groups in total. The number of aliphatic hydroxyl groups is 1. The van der Waals surface area contributed by atoms with Gasteiger partial charge in [0.05, 0.1) is 0 Å². The first kappa shape index (κ1) is 16.7. The van der Waals surface area contributed by atoms with E-state index in [-0.39, 0.29) is 18.6 Å². The van der Waals surface area contributed by atoms with Gasteiger partial charge in [0.1, 0.15) is 6.04 Å². The third-order valence-corrected chi connectivity index (χ3v) is 3.50. The number of nitrogens with zero attached hydrogens (tertiary/aromatic N) is 1. The normalized spacial score (nSPS) is 20.5. The van der Waals surface area contributed by atoms with Crippen molar-refractivity contribution in [3.8, 4) is 0 Å². The van der Waals surface area contributed by atoms with E-state index in [4.69, 9.17) is 14.9 Å². The quantitative estimate of drug-likeness (QED) is 0.584. The number of methoxy groups -OCH3 is 1. The van der Waals surface area contributed by atoms with Gasteiger partial charge in [0, 0.05) is 33.4 Å². The number of rotatable bonds is 7. The lowest BCUT2D eigenvalue weighted by molar-refractivity contribution is -0.139. The molecule has 0 bridgehead atoms. The highest BCUT2D eigenvalue weighted by molar-refractivity contribution is 5.82. The number of urea groups is 1. The summed E-state index contributed by atoms with van der Waals surface area (Å²) >= 11 is 0. The van der Waals surface area contributed by atoms with E-state index in [1.807, 2.05) is 0 Å². The summed E-state index contributed by atoms with van der Waals surface area (Å²) in [7, 11) is 1.55. The molecule has 1 rings (SSSR count). The Kier molecular flexibility index (Phi) is 7.32. The van der Waals surface area contributed by atoms with E-state index in [1.54, 1.807) is 12.0 Å². The van der Waals surface area contributed by atoms with E-state index in [2.05, 4.69) is 5.32 Å². The van der Waals surface area contributed by atoms with Crippen molar-refractivity contribution in [3.63, 3.8) is 0 Å². The lowest BCUT2D eigenvalue weighted by Crippen LogP contribution is -2.51. The Bertz CT molecular complexity index is 324. The number of piperidine rings is 1. The third kappa shape index (κ3) is 5.34. The van der Waals surface area contributed by atoms with E-state index >= 15 is 0 Å². The molecule has 1 aliphatic heterocycles. The van der Waals surface area contributed by atoms with E-state index in [9.17, 15) is 9.59 Å². The fourth-order valence-corrected chi connectivity index (χ4v) is 2.33. The lowest BCUT2D eigenvalue weighted by Gasteiger charge is -2.32. The number of ether oxygens (including phenoxy) is 1. The molecule has 0 spiro atoms. The van der Waals surface area contributed by atoms with Gasteiger partial charge >= 0.3 is 12.0 Å². The number of hydrogen-bond donors (Lipinski definition) is 3. The Morgan fingerprint density at radius 2 is 2.25 bits per heavy atom. The van der Waals surface area contributed by atoms with Crippen LogP contribution in [0.3, 0.4) is 0 Å². The van der Waals surface area contributed by atoms with Gasteiger partial charge in [-0.2, -0.15) is 0 Å². The Morgan fingerprint density at radius 1 is 1.50 bits per heavy atom. The molecule has 0 aliphatic carbocycles. The first-order valence-electron chi connectivity index (χ1n) is 6.96. The number of nitrogens with one attached hydrogen (secondary N) is 1. The third-order valence-electron chi connectivity index (χ3n) is 3.50. The van der Waals surface area contributed by atoms with Crippen molar-refractivity contribution < 1.29 is 24.5 Å². The van der Waals surface area contributed by atoms with Crippen LogP contribution in [0.4, 0.5) is 4.79 Å². The number of carboxylic acid groups (broad SMARTS) is 1. The second-order valence-corrected chi connectivity index (χ2v) is 5.11. The highest BCUT2D eigenvalue weighted by Crippen LogP contribution is 2.16. The molecule has 0 radical (unpaired) electrons. The number of carbonyl (C=O) groups is 2. The predicted molar refractivity (Wildman–Crippen MR) is 72.4 cm³/mol. The summed E-state index contributed by atoms with van der Waals surface area (Å²) in [5, 5.41) is 20.8. The first-order valence-corrected chi connectivity index (χ1v) is 6.96. The number of aliphatic carboxylic acids is 1. The van der Waals surface area contributed by atoms with E-state index < -0.39 is 12.0 Å². The van der Waals surface area contributed by atoms with Gasteiger partial charge in [0.2, 0.25) is 0 Å². The zero-order valence-electron chi connectivity index (χ0n) is 11.9. The summed E-state index contributed by atoms with van der Waals surface area (Å²) < 4.78 is 4.88. The van der Waals surface area contributed by atoms with Gasteiger partial charge in [0.15, 0.2) is 0 Å². The van der Waals surface area contributed by atoms with Crippen molar-refractivity contribution in [1.29, 1.82) is 0 Å². The minimum atomic E-state index is -1.04. The second-order valence-electron chi connectivity index (χ2n) is 5.11. The van der Waals surface area contributed by atoms with Crippen molar-refractivity contribution in [2.45, 2.75) is 31.7 Å². The fourth-order valence-electron chi connectivity index (χ4n) is 2.33. The monoisotopic (exact) mass is 288 g/mol. The predicted octanol–water partition coefficient (Wildman–Crippen LogP) is 0.280. The SMILES string of the molecule is COCCCC(NC(=O)N1CCCC(CO)C1)C(=O)O. The standard InChI is InChI=1S/C13H24N2O5/c1-20-7-3-5-11(12(17)18)14-13(19)15-6-2-4-10(8-15)9-16/h10-11,16H,2-9H2,1H3,(H,14,19)(H,17,18). The van der Waals surface area contributed by atoms with Gasteiger partial charge in [-0.3, -0.25) is 0 Å². The second kappa shape index (κ2) is 8.76. The van der Waals surface area contributed by atoms with Crippen LogP contribution in [-0.4, -0.2) is 66.6 Å². The molecule has 0 aromatic carbocycles. The summed E-state index contributed by atoms with van der Waals surface area (Å²) in [6.07, 6.45) is 2.65. The van der Waals surface area contributed by atoms with Crippen molar-refractivity contribution >= 4 is 12.0 Å². The Hall–Kier alpha value is -1.34. The minimum absolute atomic E-state index is 0.0555. The van der Waals surface area contributed by atoms with Crippen LogP contribution in [0.1, 0.15) is 25.7 Å². The van der Waals surface area contributed by atoms with Gasteiger partial charge in [-0.15, -0.1) is 0 Å². The fraction of sp³-hybridized carbons (Fsp3) is 0.846. The molecule has 7 nitrogen and oxygen atoms in total. The average molecular weight is 288 g/mol. The van der Waals surface area contributed by atoms with Crippen LogP contribution < -0.4 is 5.32 Å². The Labute approximate surface area is 118 Å². The van der Waals surface area contributed by atoms with Crippen LogP contribution in [0.5, 0.6) is 0 Å². The molecule has 1 saturated heterocycles. The smallest absolute Gasteiger partial charge is 0.326 e. The summed E-state index contributed by atoms with van der Waals surface area (Å²) in [6.45, 7) is 1.61. The maximum Gasteiger partial charge on any atom is 0.326 e. The van der Waals surface area contributed by atoms with Crippen LogP contribution >= 0.6 is 0 Å². The maximum absolute atomic E-state index is 12.0. The lowest BCUT2D eigenvalue weighted by atomic mass is 9.99. The molecule has 1 fully saturated rings. The van der Waals surface area contributed by atoms with Crippen LogP contribution in [0.15, 0.2) is 0 Å². The average Bonchev–Trinajstić information content (AvgIpc) is 2.46. The number of hydrogen-bond acceptors (Lipinski definition) is 4. The molecular formula is C13H24N2O5. The van der Waals surface area contributed by atoms with Gasteiger partial charge < -0.3 is 25.2 Å². The Balaban J connectivity index is 2.46. The number of carbonyl (C=O) groups excluding carboxylic acids is 1. The topological polar surface area (TPSA) is 99.1 Å². The van der Waals surface area contributed by atoms with Gasteiger partial charge in [0.25, 0.3) is 0 Å². The molecule has 2 unspecified atom stereocenters. The molecule has 116 valence electrons. The molecule has 0 aromatic rings. The molecule has 0 aromatic heterocycles. The summed E-state index contributed by atoms with van der Waals surface area (Å²) in [5.74, 6) is -0.948. The summed E-state index contributed by atoms with van der Waals surface area (Å²) in [4.78, 5) is 24.7. The van der Waals surface area contributed by atoms with E-state index in [0.29, 0.717) is 32.5 Å². The molecule has 2 atom stereocenters. The van der Waals surface area contributed by atoms with Crippen LogP contribution in [-0.2, 0) is 9.53 Å². The van der Waals surface area contributed by atoms with Crippen LogP contribution in [0.2, 0.25) is 0 Å². The molecule has 1 heterocycles. The molecule has 7 heteroatoms. The van der Waals surface area contributed by atoms with Crippen LogP contribution in [0.25, 0.3) is 0 Å². The highest BCUT2D eigenvalue weighted by Gasteiger charge is 2.26. The van der Waals surface area contributed by atoms with Crippen molar-refractivity contribution in [2.75, 3.05) is 33.4 Å². The maximum atomic E-state index is 12.0. The largest absolute Gasteiger partial charge is 0.480 e. The number of aliphatic hydroxyl groups excluding tert-OH is 1. The molecule has 20 heavy (non-hydrogen) atoms. The number of carboxylic acids is 1. The zero-order valence-corrected chi connectivity index (χ0v) is 11.9. The number of amides is 2. The van der Waals surface area contributed by atoms with Crippen LogP contribution in [0, 0.1) is 5.92 Å². The zero-order chi connectivity index (χ0) is 15.0. The minimum Gasteiger partial charge on any atom is -0.480 e. The van der Waals surface area contributed by atoms with Gasteiger partial charge in [-0.1, -0.05) is 0 Å². The summed E-state index contributed by atoms with van der Waals surface area (Å²) in [6, 6.07) is -1.26. The first-order chi connectivity index (χ1) is 9.58. The van der Waals surface area contributed by atoms with Crippen molar-refractivity contribution in [3.05, 3.63) is 0 Å². The summed E-state index contributed by atoms with van der Waals surface area (Å²) in [5.41, 5.74) is 0. The molecule has 1 aliphatic rings. The Morgan fingerprint density at radius 3 is 2.85 bits per heavy atom. The molecular weight excluding hydrogens is 264 g/mol. The van der Waals surface area contributed by atoms with E-state index in [1.165, 1.54) is 0 Å².